The maximum atomic E-state index is 5.13. The van der Waals surface area contributed by atoms with Crippen LogP contribution in [0.25, 0.3) is 22.2 Å². The molecule has 4 nitrogen and oxygen atoms in total. The Hall–Kier alpha value is -5.68. The second-order valence-electron chi connectivity index (χ2n) is 11.1. The number of rotatable bonds is 3. The van der Waals surface area contributed by atoms with Gasteiger partial charge in [0.2, 0.25) is 6.71 Å². The van der Waals surface area contributed by atoms with Gasteiger partial charge >= 0.3 is 0 Å². The first-order valence-corrected chi connectivity index (χ1v) is 14.6. The van der Waals surface area contributed by atoms with E-state index >= 15 is 0 Å². The Labute approximate surface area is 250 Å². The molecule has 43 heavy (non-hydrogen) atoms. The van der Waals surface area contributed by atoms with Crippen molar-refractivity contribution < 1.29 is 0 Å². The predicted molar refractivity (Wildman–Crippen MR) is 179 cm³/mol. The van der Waals surface area contributed by atoms with E-state index < -0.39 is 0 Å². The highest BCUT2D eigenvalue weighted by Crippen LogP contribution is 2.53. The highest BCUT2D eigenvalue weighted by atomic mass is 15.3. The van der Waals surface area contributed by atoms with Crippen LogP contribution < -0.4 is 26.2 Å². The zero-order valence-corrected chi connectivity index (χ0v) is 23.3. The molecule has 0 atom stereocenters. The van der Waals surface area contributed by atoms with Gasteiger partial charge in [0.15, 0.2) is 0 Å². The summed E-state index contributed by atoms with van der Waals surface area (Å²) in [5.74, 6) is 0. The summed E-state index contributed by atoms with van der Waals surface area (Å²) in [5, 5.41) is 1.18. The largest absolute Gasteiger partial charge is 0.306 e. The molecule has 0 bridgehead atoms. The summed E-state index contributed by atoms with van der Waals surface area (Å²) in [6, 6.07) is 49.9. The molecule has 0 aliphatic carbocycles. The molecule has 5 aromatic carbocycles. The number of hydrogen-bond acceptors (Lipinski definition) is 4. The van der Waals surface area contributed by atoms with Gasteiger partial charge in [-0.05, 0) is 71.0 Å². The molecule has 0 saturated heterocycles. The minimum Gasteiger partial charge on any atom is -0.306 e. The van der Waals surface area contributed by atoms with E-state index in [1.165, 1.54) is 27.3 Å². The van der Waals surface area contributed by atoms with Gasteiger partial charge in [-0.2, -0.15) is 0 Å². The molecule has 0 saturated carbocycles. The quantitative estimate of drug-likeness (QED) is 0.216. The first-order chi connectivity index (χ1) is 21.3. The van der Waals surface area contributed by atoms with E-state index in [9.17, 15) is 0 Å². The molecule has 0 spiro atoms. The van der Waals surface area contributed by atoms with Crippen molar-refractivity contribution >= 4 is 68.1 Å². The fourth-order valence-electron chi connectivity index (χ4n) is 6.87. The third-order valence-electron chi connectivity index (χ3n) is 8.72. The molecule has 7 aromatic rings. The van der Waals surface area contributed by atoms with E-state index in [1.807, 2.05) is 12.4 Å². The zero-order chi connectivity index (χ0) is 28.3. The van der Waals surface area contributed by atoms with Gasteiger partial charge in [-0.15, -0.1) is 0 Å². The highest BCUT2D eigenvalue weighted by molar-refractivity contribution is 6.99. The number of fused-ring (bicyclic) bond motifs is 6. The summed E-state index contributed by atoms with van der Waals surface area (Å²) in [5.41, 5.74) is 14.0. The number of anilines is 6. The standard InChI is InChI=1S/C38H25BN4/c1-4-12-33-26(9-1)25-32-38(41-33)30-10-2-3-11-31(30)39(32)27-17-19-28(20-18-27)42-34-13-5-7-15-36(34)43(29-21-23-40-24-22-29)37-16-8-6-14-35(37)42/h1-25H. The summed E-state index contributed by atoms with van der Waals surface area (Å²) in [6.45, 7) is 0.139. The molecule has 2 aliphatic rings. The summed E-state index contributed by atoms with van der Waals surface area (Å²) >= 11 is 0. The second kappa shape index (κ2) is 9.43. The van der Waals surface area contributed by atoms with Crippen LogP contribution in [-0.2, 0) is 0 Å². The first-order valence-electron chi connectivity index (χ1n) is 14.6. The molecule has 2 aromatic heterocycles. The van der Waals surface area contributed by atoms with E-state index in [1.54, 1.807) is 0 Å². The van der Waals surface area contributed by atoms with Crippen LogP contribution >= 0.6 is 0 Å². The van der Waals surface area contributed by atoms with E-state index in [0.29, 0.717) is 0 Å². The highest BCUT2D eigenvalue weighted by Gasteiger charge is 2.35. The molecular weight excluding hydrogens is 523 g/mol. The lowest BCUT2D eigenvalue weighted by molar-refractivity contribution is 1.16. The maximum absolute atomic E-state index is 5.13. The second-order valence-corrected chi connectivity index (χ2v) is 11.1. The van der Waals surface area contributed by atoms with Crippen molar-refractivity contribution in [2.45, 2.75) is 0 Å². The monoisotopic (exact) mass is 548 g/mol. The lowest BCUT2D eigenvalue weighted by Gasteiger charge is -2.40. The van der Waals surface area contributed by atoms with Crippen LogP contribution in [0.5, 0.6) is 0 Å². The Kier molecular flexibility index (Phi) is 5.26. The Bertz CT molecular complexity index is 2110. The zero-order valence-electron chi connectivity index (χ0n) is 23.3. The Morgan fingerprint density at radius 2 is 1.05 bits per heavy atom. The van der Waals surface area contributed by atoms with Crippen LogP contribution in [0, 0.1) is 0 Å². The summed E-state index contributed by atoms with van der Waals surface area (Å²) < 4.78 is 0. The average molecular weight is 548 g/mol. The van der Waals surface area contributed by atoms with Gasteiger partial charge < -0.3 is 9.80 Å². The summed E-state index contributed by atoms with van der Waals surface area (Å²) in [4.78, 5) is 14.1. The van der Waals surface area contributed by atoms with Gasteiger partial charge in [-0.1, -0.05) is 95.9 Å². The van der Waals surface area contributed by atoms with Gasteiger partial charge in [-0.3, -0.25) is 4.98 Å². The van der Waals surface area contributed by atoms with Gasteiger partial charge in [-0.25, -0.2) is 4.98 Å². The molecule has 0 radical (unpaired) electrons. The number of para-hydroxylation sites is 5. The fourth-order valence-corrected chi connectivity index (χ4v) is 6.87. The normalized spacial score (nSPS) is 13.0. The Morgan fingerprint density at radius 1 is 0.488 bits per heavy atom. The van der Waals surface area contributed by atoms with Gasteiger partial charge in [0, 0.05) is 23.8 Å². The molecule has 5 heteroatoms. The number of hydrogen-bond donors (Lipinski definition) is 0. The molecule has 0 fully saturated rings. The summed E-state index contributed by atoms with van der Waals surface area (Å²) in [7, 11) is 0. The molecule has 0 amide bonds. The van der Waals surface area contributed by atoms with Crippen LogP contribution in [0.15, 0.2) is 152 Å². The maximum Gasteiger partial charge on any atom is 0.244 e. The van der Waals surface area contributed by atoms with E-state index in [2.05, 4.69) is 154 Å². The molecule has 9 rings (SSSR count). The van der Waals surface area contributed by atoms with Crippen molar-refractivity contribution in [3.63, 3.8) is 0 Å². The number of pyridine rings is 2. The molecule has 2 aliphatic heterocycles. The molecule has 0 N–H and O–H groups in total. The fraction of sp³-hybridized carbons (Fsp3) is 0. The third-order valence-corrected chi connectivity index (χ3v) is 8.72. The SMILES string of the molecule is c1ccc2c(c1)B(c1ccc(N3c4ccccc4N(c4ccncc4)c4ccccc43)cc1)c1cc3ccccc3nc1-2. The smallest absolute Gasteiger partial charge is 0.244 e. The van der Waals surface area contributed by atoms with Crippen LogP contribution in [0.2, 0.25) is 0 Å². The van der Waals surface area contributed by atoms with Crippen molar-refractivity contribution in [3.8, 4) is 11.3 Å². The van der Waals surface area contributed by atoms with E-state index in [0.717, 1.165) is 45.3 Å². The minimum atomic E-state index is 0.139. The predicted octanol–water partition coefficient (Wildman–Crippen LogP) is 7.38. The lowest BCUT2D eigenvalue weighted by Crippen LogP contribution is -2.48. The van der Waals surface area contributed by atoms with Crippen LogP contribution in [0.4, 0.5) is 34.1 Å². The van der Waals surface area contributed by atoms with Crippen molar-refractivity contribution in [1.29, 1.82) is 0 Å². The van der Waals surface area contributed by atoms with Crippen LogP contribution in [0.3, 0.4) is 0 Å². The molecule has 200 valence electrons. The van der Waals surface area contributed by atoms with Crippen LogP contribution in [-0.4, -0.2) is 16.7 Å². The number of aromatic nitrogens is 2. The average Bonchev–Trinajstić information content (AvgIpc) is 3.39. The van der Waals surface area contributed by atoms with Crippen molar-refractivity contribution in [3.05, 3.63) is 152 Å². The van der Waals surface area contributed by atoms with Gasteiger partial charge in [0.1, 0.15) is 0 Å². The number of benzene rings is 5. The van der Waals surface area contributed by atoms with Crippen molar-refractivity contribution in [2.24, 2.45) is 0 Å². The van der Waals surface area contributed by atoms with E-state index in [-0.39, 0.29) is 6.71 Å². The molecular formula is C38H25BN4. The van der Waals surface area contributed by atoms with Gasteiger partial charge in [0.05, 0.1) is 34.0 Å². The van der Waals surface area contributed by atoms with E-state index in [4.69, 9.17) is 4.98 Å². The first kappa shape index (κ1) is 24.0. The van der Waals surface area contributed by atoms with Gasteiger partial charge in [0.25, 0.3) is 0 Å². The van der Waals surface area contributed by atoms with Crippen molar-refractivity contribution in [2.75, 3.05) is 9.80 Å². The minimum absolute atomic E-state index is 0.139. The van der Waals surface area contributed by atoms with Crippen molar-refractivity contribution in [1.82, 2.24) is 9.97 Å². The topological polar surface area (TPSA) is 32.3 Å². The molecule has 4 heterocycles. The lowest BCUT2D eigenvalue weighted by atomic mass is 9.39. The number of nitrogens with zero attached hydrogens (tertiary/aromatic N) is 4. The third kappa shape index (κ3) is 3.65. The summed E-state index contributed by atoms with van der Waals surface area (Å²) in [6.07, 6.45) is 3.70. The Balaban J connectivity index is 1.17. The molecule has 0 unspecified atom stereocenters. The Morgan fingerprint density at radius 3 is 1.72 bits per heavy atom. The van der Waals surface area contributed by atoms with Crippen LogP contribution in [0.1, 0.15) is 0 Å².